The highest BCUT2D eigenvalue weighted by molar-refractivity contribution is 7.99. The number of rotatable bonds is 5. The summed E-state index contributed by atoms with van der Waals surface area (Å²) in [5.74, 6) is 1.08. The largest absolute Gasteiger partial charge is 0.398 e. The lowest BCUT2D eigenvalue weighted by atomic mass is 10.1. The van der Waals surface area contributed by atoms with Crippen LogP contribution in [0.15, 0.2) is 17.0 Å². The van der Waals surface area contributed by atoms with E-state index in [2.05, 4.69) is 11.6 Å². The van der Waals surface area contributed by atoms with Gasteiger partial charge in [-0.25, -0.2) is 13.1 Å². The quantitative estimate of drug-likeness (QED) is 0.815. The molecule has 1 aromatic carbocycles. The Morgan fingerprint density at radius 2 is 2.05 bits per heavy atom. The molecule has 0 aromatic heterocycles. The molecule has 0 radical (unpaired) electrons. The van der Waals surface area contributed by atoms with E-state index in [0.29, 0.717) is 21.4 Å². The van der Waals surface area contributed by atoms with Gasteiger partial charge in [-0.1, -0.05) is 6.92 Å². The van der Waals surface area contributed by atoms with Gasteiger partial charge < -0.3 is 5.73 Å². The molecule has 0 heterocycles. The number of anilines is 1. The summed E-state index contributed by atoms with van der Waals surface area (Å²) < 4.78 is 28.1. The van der Waals surface area contributed by atoms with E-state index in [-0.39, 0.29) is 6.04 Å². The molecule has 0 aliphatic heterocycles. The lowest BCUT2D eigenvalue weighted by Gasteiger charge is -2.16. The molecule has 3 N–H and O–H groups in total. The molecule has 4 nitrogen and oxygen atoms in total. The molecule has 1 fully saturated rings. The molecule has 0 saturated heterocycles. The van der Waals surface area contributed by atoms with Crippen LogP contribution >= 0.6 is 11.8 Å². The van der Waals surface area contributed by atoms with Crippen molar-refractivity contribution in [2.24, 2.45) is 0 Å². The number of sulfonamides is 1. The molecule has 2 unspecified atom stereocenters. The van der Waals surface area contributed by atoms with E-state index in [0.717, 1.165) is 30.6 Å². The van der Waals surface area contributed by atoms with Crippen LogP contribution in [0.1, 0.15) is 37.3 Å². The van der Waals surface area contributed by atoms with E-state index in [1.54, 1.807) is 19.1 Å². The summed E-state index contributed by atoms with van der Waals surface area (Å²) in [6.07, 6.45) is 2.91. The van der Waals surface area contributed by atoms with Crippen LogP contribution in [0.3, 0.4) is 0 Å². The molecular weight excluding hydrogens is 304 g/mol. The molecule has 2 rings (SSSR count). The van der Waals surface area contributed by atoms with Gasteiger partial charge in [-0.3, -0.25) is 0 Å². The summed E-state index contributed by atoms with van der Waals surface area (Å²) in [5, 5.41) is 0.575. The van der Waals surface area contributed by atoms with Gasteiger partial charge in [-0.15, -0.1) is 0 Å². The summed E-state index contributed by atoms with van der Waals surface area (Å²) in [6, 6.07) is 3.54. The normalized spacial score (nSPS) is 22.6. The van der Waals surface area contributed by atoms with E-state index < -0.39 is 10.0 Å². The van der Waals surface area contributed by atoms with Crippen molar-refractivity contribution in [2.45, 2.75) is 56.2 Å². The molecule has 118 valence electrons. The molecule has 2 atom stereocenters. The average molecular weight is 329 g/mol. The van der Waals surface area contributed by atoms with Crippen molar-refractivity contribution in [2.75, 3.05) is 11.5 Å². The molecule has 1 aliphatic carbocycles. The lowest BCUT2D eigenvalue weighted by Crippen LogP contribution is -2.33. The number of thioether (sulfide) groups is 1. The van der Waals surface area contributed by atoms with E-state index in [4.69, 9.17) is 5.73 Å². The lowest BCUT2D eigenvalue weighted by molar-refractivity contribution is 0.552. The third kappa shape index (κ3) is 3.93. The van der Waals surface area contributed by atoms with Crippen LogP contribution in [-0.2, 0) is 10.0 Å². The number of nitrogen functional groups attached to an aromatic ring is 1. The van der Waals surface area contributed by atoms with Gasteiger partial charge in [0, 0.05) is 17.0 Å². The number of hydrogen-bond acceptors (Lipinski definition) is 4. The van der Waals surface area contributed by atoms with Crippen LogP contribution in [0.25, 0.3) is 0 Å². The van der Waals surface area contributed by atoms with Crippen molar-refractivity contribution in [3.05, 3.63) is 23.3 Å². The SMILES string of the molecule is CCSC1CCC(NS(=O)(=O)c2cc(C)cc(N)c2C)C1. The Labute approximate surface area is 131 Å². The number of aryl methyl sites for hydroxylation is 1. The molecule has 1 saturated carbocycles. The minimum Gasteiger partial charge on any atom is -0.398 e. The monoisotopic (exact) mass is 328 g/mol. The van der Waals surface area contributed by atoms with Crippen molar-refractivity contribution < 1.29 is 8.42 Å². The summed E-state index contributed by atoms with van der Waals surface area (Å²) in [5.41, 5.74) is 7.92. The molecule has 1 aromatic rings. The minimum absolute atomic E-state index is 0.0418. The van der Waals surface area contributed by atoms with Crippen molar-refractivity contribution in [1.82, 2.24) is 4.72 Å². The molecule has 0 spiro atoms. The Balaban J connectivity index is 2.16. The fraction of sp³-hybridized carbons (Fsp3) is 0.600. The smallest absolute Gasteiger partial charge is 0.241 e. The predicted octanol–water partition coefficient (Wildman–Crippen LogP) is 2.84. The van der Waals surface area contributed by atoms with Gasteiger partial charge >= 0.3 is 0 Å². The summed E-state index contributed by atoms with van der Waals surface area (Å²) >= 11 is 1.92. The number of nitrogens with two attached hydrogens (primary N) is 1. The first-order chi connectivity index (χ1) is 9.83. The zero-order chi connectivity index (χ0) is 15.6. The second-order valence-electron chi connectivity index (χ2n) is 5.69. The summed E-state index contributed by atoms with van der Waals surface area (Å²) in [4.78, 5) is 0.312. The fourth-order valence-corrected chi connectivity index (χ4v) is 5.63. The van der Waals surface area contributed by atoms with Gasteiger partial charge in [-0.05, 0) is 62.1 Å². The Morgan fingerprint density at radius 3 is 2.71 bits per heavy atom. The fourth-order valence-electron chi connectivity index (χ4n) is 2.85. The maximum Gasteiger partial charge on any atom is 0.241 e. The van der Waals surface area contributed by atoms with Crippen molar-refractivity contribution in [1.29, 1.82) is 0 Å². The number of nitrogens with one attached hydrogen (secondary N) is 1. The number of benzene rings is 1. The van der Waals surface area contributed by atoms with E-state index in [9.17, 15) is 8.42 Å². The zero-order valence-corrected chi connectivity index (χ0v) is 14.5. The number of hydrogen-bond donors (Lipinski definition) is 2. The van der Waals surface area contributed by atoms with E-state index in [1.807, 2.05) is 18.7 Å². The Morgan fingerprint density at radius 1 is 1.33 bits per heavy atom. The first-order valence-electron chi connectivity index (χ1n) is 7.34. The third-order valence-corrected chi connectivity index (χ3v) is 6.82. The molecular formula is C15H24N2O2S2. The molecule has 6 heteroatoms. The van der Waals surface area contributed by atoms with E-state index >= 15 is 0 Å². The molecule has 0 amide bonds. The molecule has 1 aliphatic rings. The average Bonchev–Trinajstić information content (AvgIpc) is 2.80. The summed E-state index contributed by atoms with van der Waals surface area (Å²) in [6.45, 7) is 5.76. The molecule has 0 bridgehead atoms. The standard InChI is InChI=1S/C15H24N2O2S2/c1-4-20-13-6-5-12(9-13)17-21(18,19)15-8-10(2)7-14(16)11(15)3/h7-8,12-13,17H,4-6,9,16H2,1-3H3. The third-order valence-electron chi connectivity index (χ3n) is 3.94. The van der Waals surface area contributed by atoms with Gasteiger partial charge in [0.15, 0.2) is 0 Å². The van der Waals surface area contributed by atoms with Crippen LogP contribution in [0.2, 0.25) is 0 Å². The maximum absolute atomic E-state index is 12.6. The van der Waals surface area contributed by atoms with Crippen LogP contribution in [0.4, 0.5) is 5.69 Å². The minimum atomic E-state index is -3.50. The zero-order valence-electron chi connectivity index (χ0n) is 12.8. The van der Waals surface area contributed by atoms with Crippen molar-refractivity contribution in [3.63, 3.8) is 0 Å². The van der Waals surface area contributed by atoms with Crippen molar-refractivity contribution >= 4 is 27.5 Å². The van der Waals surface area contributed by atoms with Gasteiger partial charge in [-0.2, -0.15) is 11.8 Å². The van der Waals surface area contributed by atoms with Gasteiger partial charge in [0.1, 0.15) is 0 Å². The maximum atomic E-state index is 12.6. The second-order valence-corrected chi connectivity index (χ2v) is 8.95. The van der Waals surface area contributed by atoms with Gasteiger partial charge in [0.05, 0.1) is 4.90 Å². The molecule has 21 heavy (non-hydrogen) atoms. The van der Waals surface area contributed by atoms with Crippen LogP contribution in [0, 0.1) is 13.8 Å². The highest BCUT2D eigenvalue weighted by Gasteiger charge is 2.29. The van der Waals surface area contributed by atoms with E-state index in [1.165, 1.54) is 0 Å². The highest BCUT2D eigenvalue weighted by atomic mass is 32.2. The first kappa shape index (κ1) is 16.6. The van der Waals surface area contributed by atoms with Crippen LogP contribution < -0.4 is 10.5 Å². The Hall–Kier alpha value is -0.720. The Kier molecular flexibility index (Phi) is 5.22. The highest BCUT2D eigenvalue weighted by Crippen LogP contribution is 2.31. The van der Waals surface area contributed by atoms with Crippen LogP contribution in [0.5, 0.6) is 0 Å². The first-order valence-corrected chi connectivity index (χ1v) is 9.87. The predicted molar refractivity (Wildman–Crippen MR) is 90.2 cm³/mol. The van der Waals surface area contributed by atoms with Crippen LogP contribution in [-0.4, -0.2) is 25.5 Å². The van der Waals surface area contributed by atoms with Crippen molar-refractivity contribution in [3.8, 4) is 0 Å². The van der Waals surface area contributed by atoms with Gasteiger partial charge in [0.25, 0.3) is 0 Å². The Bertz CT molecular complexity index is 614. The second kappa shape index (κ2) is 6.58. The topological polar surface area (TPSA) is 72.2 Å². The van der Waals surface area contributed by atoms with Gasteiger partial charge in [0.2, 0.25) is 10.0 Å². The summed E-state index contributed by atoms with van der Waals surface area (Å²) in [7, 11) is -3.50.